The summed E-state index contributed by atoms with van der Waals surface area (Å²) in [5, 5.41) is 1.31. The van der Waals surface area contributed by atoms with Crippen molar-refractivity contribution < 1.29 is 4.74 Å². The molecule has 94 valence electrons. The topological polar surface area (TPSA) is 9.23 Å². The van der Waals surface area contributed by atoms with Gasteiger partial charge in [0.15, 0.2) is 0 Å². The molecule has 0 saturated heterocycles. The number of aryl methyl sites for hydroxylation is 1. The van der Waals surface area contributed by atoms with Crippen molar-refractivity contribution in [3.8, 4) is 5.75 Å². The van der Waals surface area contributed by atoms with Gasteiger partial charge in [0, 0.05) is 15.6 Å². The van der Waals surface area contributed by atoms with Gasteiger partial charge in [0.2, 0.25) is 0 Å². The molecule has 0 radical (unpaired) electrons. The van der Waals surface area contributed by atoms with Gasteiger partial charge in [-0.1, -0.05) is 29.3 Å². The van der Waals surface area contributed by atoms with Crippen molar-refractivity contribution in [3.05, 3.63) is 62.0 Å². The van der Waals surface area contributed by atoms with Crippen LogP contribution in [-0.2, 0) is 6.61 Å². The minimum Gasteiger partial charge on any atom is -0.488 e. The summed E-state index contributed by atoms with van der Waals surface area (Å²) in [5.74, 6) is 0.789. The third-order valence-electron chi connectivity index (χ3n) is 2.48. The maximum Gasteiger partial charge on any atom is 0.134 e. The van der Waals surface area contributed by atoms with Gasteiger partial charge in [-0.3, -0.25) is 0 Å². The molecule has 0 saturated carbocycles. The van der Waals surface area contributed by atoms with Gasteiger partial charge in [0.1, 0.15) is 12.4 Å². The molecule has 0 spiro atoms. The largest absolute Gasteiger partial charge is 0.488 e. The summed E-state index contributed by atoms with van der Waals surface area (Å²) in [5.41, 5.74) is 2.05. The SMILES string of the molecule is Cc1ccc(OCc2cc(Cl)ccc2Cl)c(Br)c1. The van der Waals surface area contributed by atoms with Gasteiger partial charge in [-0.2, -0.15) is 0 Å². The number of benzene rings is 2. The second-order valence-electron chi connectivity index (χ2n) is 3.96. The van der Waals surface area contributed by atoms with Crippen LogP contribution in [-0.4, -0.2) is 0 Å². The fourth-order valence-corrected chi connectivity index (χ4v) is 2.51. The van der Waals surface area contributed by atoms with Crippen molar-refractivity contribution >= 4 is 39.1 Å². The second kappa shape index (κ2) is 5.96. The van der Waals surface area contributed by atoms with Crippen molar-refractivity contribution in [1.82, 2.24) is 0 Å². The predicted octanol–water partition coefficient (Wildman–Crippen LogP) is 5.64. The van der Waals surface area contributed by atoms with Crippen LogP contribution in [0.15, 0.2) is 40.9 Å². The first-order chi connectivity index (χ1) is 8.56. The van der Waals surface area contributed by atoms with Gasteiger partial charge >= 0.3 is 0 Å². The average molecular weight is 346 g/mol. The van der Waals surface area contributed by atoms with Crippen LogP contribution in [0, 0.1) is 6.92 Å². The molecule has 0 heterocycles. The van der Waals surface area contributed by atoms with Crippen molar-refractivity contribution in [2.75, 3.05) is 0 Å². The number of rotatable bonds is 3. The zero-order chi connectivity index (χ0) is 13.1. The van der Waals surface area contributed by atoms with Gasteiger partial charge in [-0.15, -0.1) is 0 Å². The Kier molecular flexibility index (Phi) is 4.55. The molecule has 0 amide bonds. The van der Waals surface area contributed by atoms with E-state index < -0.39 is 0 Å². The Bertz CT molecular complexity index is 570. The molecule has 0 aliphatic rings. The van der Waals surface area contributed by atoms with Crippen molar-refractivity contribution in [2.24, 2.45) is 0 Å². The molecule has 2 aromatic carbocycles. The van der Waals surface area contributed by atoms with Crippen LogP contribution in [0.5, 0.6) is 5.75 Å². The van der Waals surface area contributed by atoms with E-state index in [-0.39, 0.29) is 0 Å². The van der Waals surface area contributed by atoms with Crippen molar-refractivity contribution in [2.45, 2.75) is 13.5 Å². The first-order valence-electron chi connectivity index (χ1n) is 5.39. The van der Waals surface area contributed by atoms with E-state index in [0.717, 1.165) is 15.8 Å². The molecule has 2 rings (SSSR count). The molecule has 0 aliphatic heterocycles. The highest BCUT2D eigenvalue weighted by atomic mass is 79.9. The van der Waals surface area contributed by atoms with Gasteiger partial charge in [0.05, 0.1) is 4.47 Å². The van der Waals surface area contributed by atoms with E-state index in [2.05, 4.69) is 15.9 Å². The molecule has 4 heteroatoms. The third-order valence-corrected chi connectivity index (χ3v) is 3.70. The summed E-state index contributed by atoms with van der Waals surface area (Å²) in [6, 6.07) is 11.3. The molecular formula is C14H11BrCl2O. The summed E-state index contributed by atoms with van der Waals surface area (Å²) in [6.07, 6.45) is 0. The maximum absolute atomic E-state index is 6.08. The van der Waals surface area contributed by atoms with Gasteiger partial charge in [-0.25, -0.2) is 0 Å². The van der Waals surface area contributed by atoms with E-state index in [1.807, 2.05) is 31.2 Å². The number of ether oxygens (including phenoxy) is 1. The lowest BCUT2D eigenvalue weighted by Gasteiger charge is -2.10. The minimum atomic E-state index is 0.390. The number of hydrogen-bond acceptors (Lipinski definition) is 1. The van der Waals surface area contributed by atoms with Crippen LogP contribution < -0.4 is 4.74 Å². The first kappa shape index (κ1) is 13.7. The highest BCUT2D eigenvalue weighted by molar-refractivity contribution is 9.10. The Morgan fingerprint density at radius 3 is 2.61 bits per heavy atom. The molecule has 18 heavy (non-hydrogen) atoms. The molecule has 0 bridgehead atoms. The molecule has 0 N–H and O–H groups in total. The molecule has 0 aliphatic carbocycles. The minimum absolute atomic E-state index is 0.390. The normalized spacial score (nSPS) is 10.4. The molecule has 0 aromatic heterocycles. The monoisotopic (exact) mass is 344 g/mol. The number of halogens is 3. The van der Waals surface area contributed by atoms with E-state index in [1.54, 1.807) is 12.1 Å². The summed E-state index contributed by atoms with van der Waals surface area (Å²) in [7, 11) is 0. The zero-order valence-electron chi connectivity index (χ0n) is 9.71. The molecular weight excluding hydrogens is 335 g/mol. The quantitative estimate of drug-likeness (QED) is 0.699. The molecule has 2 aromatic rings. The Morgan fingerprint density at radius 2 is 1.89 bits per heavy atom. The van der Waals surface area contributed by atoms with E-state index in [0.29, 0.717) is 16.7 Å². The van der Waals surface area contributed by atoms with E-state index in [4.69, 9.17) is 27.9 Å². The molecule has 0 unspecified atom stereocenters. The van der Waals surface area contributed by atoms with Crippen LogP contribution in [0.1, 0.15) is 11.1 Å². The second-order valence-corrected chi connectivity index (χ2v) is 5.66. The highest BCUT2D eigenvalue weighted by Crippen LogP contribution is 2.28. The Balaban J connectivity index is 2.13. The lowest BCUT2D eigenvalue weighted by atomic mass is 10.2. The fourth-order valence-electron chi connectivity index (χ4n) is 1.53. The number of hydrogen-bond donors (Lipinski definition) is 0. The Morgan fingerprint density at radius 1 is 1.11 bits per heavy atom. The lowest BCUT2D eigenvalue weighted by molar-refractivity contribution is 0.304. The van der Waals surface area contributed by atoms with Crippen LogP contribution in [0.25, 0.3) is 0 Å². The summed E-state index contributed by atoms with van der Waals surface area (Å²) >= 11 is 15.5. The van der Waals surface area contributed by atoms with Crippen LogP contribution in [0.4, 0.5) is 0 Å². The smallest absolute Gasteiger partial charge is 0.134 e. The molecule has 0 atom stereocenters. The third kappa shape index (κ3) is 3.41. The van der Waals surface area contributed by atoms with E-state index >= 15 is 0 Å². The van der Waals surface area contributed by atoms with Crippen molar-refractivity contribution in [1.29, 1.82) is 0 Å². The standard InChI is InChI=1S/C14H11BrCl2O/c1-9-2-5-14(12(15)6-9)18-8-10-7-11(16)3-4-13(10)17/h2-7H,8H2,1H3. The van der Waals surface area contributed by atoms with Gasteiger partial charge in [0.25, 0.3) is 0 Å². The van der Waals surface area contributed by atoms with Crippen LogP contribution in [0.2, 0.25) is 10.0 Å². The Hall–Kier alpha value is -0.700. The molecule has 1 nitrogen and oxygen atoms in total. The maximum atomic E-state index is 6.08. The zero-order valence-corrected chi connectivity index (χ0v) is 12.8. The highest BCUT2D eigenvalue weighted by Gasteiger charge is 2.05. The summed E-state index contributed by atoms with van der Waals surface area (Å²) < 4.78 is 6.65. The molecule has 0 fully saturated rings. The predicted molar refractivity (Wildman–Crippen MR) is 79.7 cm³/mol. The Labute approximate surface area is 125 Å². The summed E-state index contributed by atoms with van der Waals surface area (Å²) in [6.45, 7) is 2.42. The van der Waals surface area contributed by atoms with Crippen LogP contribution >= 0.6 is 39.1 Å². The van der Waals surface area contributed by atoms with E-state index in [9.17, 15) is 0 Å². The average Bonchev–Trinajstić information content (AvgIpc) is 2.32. The van der Waals surface area contributed by atoms with E-state index in [1.165, 1.54) is 5.56 Å². The van der Waals surface area contributed by atoms with Gasteiger partial charge < -0.3 is 4.74 Å². The van der Waals surface area contributed by atoms with Crippen LogP contribution in [0.3, 0.4) is 0 Å². The fraction of sp³-hybridized carbons (Fsp3) is 0.143. The first-order valence-corrected chi connectivity index (χ1v) is 6.94. The summed E-state index contributed by atoms with van der Waals surface area (Å²) in [4.78, 5) is 0. The lowest BCUT2D eigenvalue weighted by Crippen LogP contribution is -1.97. The van der Waals surface area contributed by atoms with Gasteiger partial charge in [-0.05, 0) is 58.7 Å². The van der Waals surface area contributed by atoms with Crippen molar-refractivity contribution in [3.63, 3.8) is 0 Å².